The van der Waals surface area contributed by atoms with Crippen molar-refractivity contribution in [1.82, 2.24) is 15.1 Å². The predicted molar refractivity (Wildman–Crippen MR) is 91.3 cm³/mol. The third kappa shape index (κ3) is 6.52. The van der Waals surface area contributed by atoms with Gasteiger partial charge in [-0.05, 0) is 38.4 Å². The third-order valence-electron chi connectivity index (χ3n) is 3.63. The number of hydrogen-bond donors (Lipinski definition) is 2. The minimum Gasteiger partial charge on any atom is -0.389 e. The lowest BCUT2D eigenvalue weighted by molar-refractivity contribution is 0.0289. The van der Waals surface area contributed by atoms with E-state index in [-0.39, 0.29) is 0 Å². The molecule has 0 fully saturated rings. The Morgan fingerprint density at radius 3 is 2.74 bits per heavy atom. The fraction of sp³-hybridized carbons (Fsp3) is 0.500. The Hall–Kier alpha value is -1.69. The van der Waals surface area contributed by atoms with E-state index in [1.54, 1.807) is 0 Å². The van der Waals surface area contributed by atoms with Crippen LogP contribution in [0.3, 0.4) is 0 Å². The van der Waals surface area contributed by atoms with Gasteiger partial charge in [-0.1, -0.05) is 30.3 Å². The Balaban J connectivity index is 1.51. The first-order valence-electron chi connectivity index (χ1n) is 8.16. The van der Waals surface area contributed by atoms with Crippen LogP contribution in [0.2, 0.25) is 0 Å². The molecule has 1 heterocycles. The Morgan fingerprint density at radius 1 is 1.26 bits per heavy atom. The minimum absolute atomic E-state index is 0.347. The average Bonchev–Trinajstić information content (AvgIpc) is 2.86. The molecule has 5 heteroatoms. The van der Waals surface area contributed by atoms with Crippen LogP contribution in [0.15, 0.2) is 36.4 Å². The molecule has 0 saturated heterocycles. The summed E-state index contributed by atoms with van der Waals surface area (Å²) in [5, 5.41) is 17.6. The Kier molecular flexibility index (Phi) is 7.26. The summed E-state index contributed by atoms with van der Waals surface area (Å²) in [7, 11) is 0. The number of ether oxygens (including phenoxy) is 1. The van der Waals surface area contributed by atoms with E-state index >= 15 is 0 Å². The van der Waals surface area contributed by atoms with E-state index in [0.29, 0.717) is 19.8 Å². The van der Waals surface area contributed by atoms with Crippen molar-refractivity contribution in [3.63, 3.8) is 0 Å². The quantitative estimate of drug-likeness (QED) is 0.659. The van der Waals surface area contributed by atoms with Gasteiger partial charge < -0.3 is 15.2 Å². The van der Waals surface area contributed by atoms with Crippen LogP contribution in [-0.4, -0.2) is 40.7 Å². The molecule has 2 aromatic rings. The van der Waals surface area contributed by atoms with E-state index in [0.717, 1.165) is 30.8 Å². The molecule has 0 saturated carbocycles. The van der Waals surface area contributed by atoms with Gasteiger partial charge in [0.05, 0.1) is 25.0 Å². The number of aromatic nitrogens is 2. The molecule has 0 aliphatic carbocycles. The van der Waals surface area contributed by atoms with Gasteiger partial charge in [-0.3, -0.25) is 4.68 Å². The van der Waals surface area contributed by atoms with Crippen molar-refractivity contribution >= 4 is 0 Å². The van der Waals surface area contributed by atoms with Crippen molar-refractivity contribution in [2.75, 3.05) is 19.7 Å². The number of rotatable bonds is 10. The van der Waals surface area contributed by atoms with E-state index in [1.807, 2.05) is 41.9 Å². The maximum Gasteiger partial charge on any atom is 0.0897 e. The molecule has 0 spiro atoms. The Morgan fingerprint density at radius 2 is 2.04 bits per heavy atom. The molecule has 1 aromatic heterocycles. The fourth-order valence-electron chi connectivity index (χ4n) is 2.47. The van der Waals surface area contributed by atoms with E-state index in [9.17, 15) is 5.11 Å². The Labute approximate surface area is 138 Å². The SMILES string of the molecule is Cc1cc(C)n(CCCNC[C@@H](O)COCc2ccccc2)n1. The lowest BCUT2D eigenvalue weighted by atomic mass is 10.2. The van der Waals surface area contributed by atoms with E-state index in [4.69, 9.17) is 4.74 Å². The van der Waals surface area contributed by atoms with Gasteiger partial charge in [-0.25, -0.2) is 0 Å². The predicted octanol–water partition coefficient (Wildman–Crippen LogP) is 2.06. The molecule has 2 N–H and O–H groups in total. The normalized spacial score (nSPS) is 12.5. The summed E-state index contributed by atoms with van der Waals surface area (Å²) in [6.07, 6.45) is 0.506. The van der Waals surface area contributed by atoms with Crippen LogP contribution >= 0.6 is 0 Å². The van der Waals surface area contributed by atoms with Crippen LogP contribution in [-0.2, 0) is 17.9 Å². The zero-order valence-corrected chi connectivity index (χ0v) is 14.0. The van der Waals surface area contributed by atoms with Crippen LogP contribution in [0.5, 0.6) is 0 Å². The zero-order chi connectivity index (χ0) is 16.5. The van der Waals surface area contributed by atoms with Crippen molar-refractivity contribution in [3.8, 4) is 0 Å². The summed E-state index contributed by atoms with van der Waals surface area (Å²) in [5.41, 5.74) is 3.37. The smallest absolute Gasteiger partial charge is 0.0897 e. The summed E-state index contributed by atoms with van der Waals surface area (Å²) in [6, 6.07) is 12.1. The number of benzene rings is 1. The highest BCUT2D eigenvalue weighted by atomic mass is 16.5. The Bertz CT molecular complexity index is 569. The lowest BCUT2D eigenvalue weighted by Crippen LogP contribution is -2.31. The topological polar surface area (TPSA) is 59.3 Å². The van der Waals surface area contributed by atoms with Crippen molar-refractivity contribution in [3.05, 3.63) is 53.3 Å². The van der Waals surface area contributed by atoms with Gasteiger partial charge in [-0.2, -0.15) is 5.10 Å². The highest BCUT2D eigenvalue weighted by Crippen LogP contribution is 2.02. The van der Waals surface area contributed by atoms with Gasteiger partial charge in [-0.15, -0.1) is 0 Å². The van der Waals surface area contributed by atoms with Crippen LogP contribution in [0, 0.1) is 13.8 Å². The number of aliphatic hydroxyl groups is 1. The molecule has 0 radical (unpaired) electrons. The second-order valence-electron chi connectivity index (χ2n) is 5.86. The molecular weight excluding hydrogens is 290 g/mol. The molecule has 2 rings (SSSR count). The standard InChI is InChI=1S/C18H27N3O2/c1-15-11-16(2)21(20-15)10-6-9-19-12-18(22)14-23-13-17-7-4-3-5-8-17/h3-5,7-8,11,18-19,22H,6,9-10,12-14H2,1-2H3/t18-/m1/s1. The van der Waals surface area contributed by atoms with Crippen molar-refractivity contribution in [2.24, 2.45) is 0 Å². The third-order valence-corrected chi connectivity index (χ3v) is 3.63. The molecule has 0 aliphatic heterocycles. The largest absolute Gasteiger partial charge is 0.389 e. The summed E-state index contributed by atoms with van der Waals surface area (Å²) in [6.45, 7) is 7.26. The zero-order valence-electron chi connectivity index (χ0n) is 14.0. The molecule has 5 nitrogen and oxygen atoms in total. The van der Waals surface area contributed by atoms with E-state index in [1.165, 1.54) is 5.69 Å². The highest BCUT2D eigenvalue weighted by Gasteiger charge is 2.04. The van der Waals surface area contributed by atoms with E-state index < -0.39 is 6.10 Å². The van der Waals surface area contributed by atoms with Crippen LogP contribution in [0.25, 0.3) is 0 Å². The molecule has 1 atom stereocenters. The van der Waals surface area contributed by atoms with Gasteiger partial charge in [0, 0.05) is 18.8 Å². The first-order valence-corrected chi connectivity index (χ1v) is 8.16. The molecule has 0 aliphatic rings. The molecule has 0 unspecified atom stereocenters. The second kappa shape index (κ2) is 9.45. The van der Waals surface area contributed by atoms with E-state index in [2.05, 4.69) is 23.4 Å². The number of aryl methyl sites for hydroxylation is 3. The molecule has 1 aromatic carbocycles. The molecule has 0 bridgehead atoms. The molecule has 0 amide bonds. The van der Waals surface area contributed by atoms with Gasteiger partial charge >= 0.3 is 0 Å². The number of nitrogens with one attached hydrogen (secondary N) is 1. The number of hydrogen-bond acceptors (Lipinski definition) is 4. The number of nitrogens with zero attached hydrogens (tertiary/aromatic N) is 2. The van der Waals surface area contributed by atoms with Crippen molar-refractivity contribution < 1.29 is 9.84 Å². The highest BCUT2D eigenvalue weighted by molar-refractivity contribution is 5.13. The summed E-state index contributed by atoms with van der Waals surface area (Å²) in [4.78, 5) is 0. The van der Waals surface area contributed by atoms with Crippen molar-refractivity contribution in [1.29, 1.82) is 0 Å². The lowest BCUT2D eigenvalue weighted by Gasteiger charge is -2.12. The van der Waals surface area contributed by atoms with Gasteiger partial charge in [0.15, 0.2) is 0 Å². The fourth-order valence-corrected chi connectivity index (χ4v) is 2.47. The molecule has 126 valence electrons. The van der Waals surface area contributed by atoms with Crippen LogP contribution < -0.4 is 5.32 Å². The van der Waals surface area contributed by atoms with Crippen LogP contribution in [0.4, 0.5) is 0 Å². The maximum absolute atomic E-state index is 9.89. The van der Waals surface area contributed by atoms with Gasteiger partial charge in [0.2, 0.25) is 0 Å². The monoisotopic (exact) mass is 317 g/mol. The molecular formula is C18H27N3O2. The first kappa shape index (κ1) is 17.7. The van der Waals surface area contributed by atoms with Crippen molar-refractivity contribution in [2.45, 2.75) is 39.5 Å². The molecule has 23 heavy (non-hydrogen) atoms. The average molecular weight is 317 g/mol. The second-order valence-corrected chi connectivity index (χ2v) is 5.86. The van der Waals surface area contributed by atoms with Gasteiger partial charge in [0.25, 0.3) is 0 Å². The maximum atomic E-state index is 9.89. The number of aliphatic hydroxyl groups excluding tert-OH is 1. The summed E-state index contributed by atoms with van der Waals surface area (Å²) in [5.74, 6) is 0. The van der Waals surface area contributed by atoms with Gasteiger partial charge in [0.1, 0.15) is 0 Å². The minimum atomic E-state index is -0.479. The first-order chi connectivity index (χ1) is 11.1. The van der Waals surface area contributed by atoms with Crippen LogP contribution in [0.1, 0.15) is 23.4 Å². The summed E-state index contributed by atoms with van der Waals surface area (Å²) >= 11 is 0. The summed E-state index contributed by atoms with van der Waals surface area (Å²) < 4.78 is 7.55.